The van der Waals surface area contributed by atoms with Crippen molar-refractivity contribution in [3.8, 4) is 0 Å². The highest BCUT2D eigenvalue weighted by Gasteiger charge is 2.12. The summed E-state index contributed by atoms with van der Waals surface area (Å²) in [4.78, 5) is 32.4. The Morgan fingerprint density at radius 3 is 2.64 bits per heavy atom. The molecule has 0 spiro atoms. The van der Waals surface area contributed by atoms with Gasteiger partial charge in [0.15, 0.2) is 10.9 Å². The summed E-state index contributed by atoms with van der Waals surface area (Å²) in [6, 6.07) is 12.4. The van der Waals surface area contributed by atoms with Crippen LogP contribution in [0.5, 0.6) is 0 Å². The number of benzene rings is 1. The zero-order valence-electron chi connectivity index (χ0n) is 13.7. The van der Waals surface area contributed by atoms with Crippen molar-refractivity contribution < 1.29 is 9.59 Å². The summed E-state index contributed by atoms with van der Waals surface area (Å²) in [5, 5.41) is 8.08. The van der Waals surface area contributed by atoms with Crippen molar-refractivity contribution in [1.82, 2.24) is 9.97 Å². The molecule has 126 valence electrons. The molecule has 0 atom stereocenters. The average molecular weight is 352 g/mol. The van der Waals surface area contributed by atoms with Gasteiger partial charge in [-0.25, -0.2) is 9.97 Å². The third-order valence-electron chi connectivity index (χ3n) is 3.39. The lowest BCUT2D eigenvalue weighted by atomic mass is 10.1. The van der Waals surface area contributed by atoms with Crippen molar-refractivity contribution in [1.29, 1.82) is 0 Å². The lowest BCUT2D eigenvalue weighted by molar-refractivity contribution is 0.100. The molecule has 6 nitrogen and oxygen atoms in total. The second-order valence-corrected chi connectivity index (χ2v) is 6.28. The van der Waals surface area contributed by atoms with Crippen LogP contribution >= 0.6 is 11.3 Å². The maximum Gasteiger partial charge on any atom is 0.275 e. The van der Waals surface area contributed by atoms with Crippen molar-refractivity contribution in [3.05, 3.63) is 64.8 Å². The van der Waals surface area contributed by atoms with Crippen molar-refractivity contribution in [2.45, 2.75) is 13.8 Å². The number of hydrogen-bond acceptors (Lipinski definition) is 6. The highest BCUT2D eigenvalue weighted by Crippen LogP contribution is 2.21. The summed E-state index contributed by atoms with van der Waals surface area (Å²) in [5.74, 6) is 0.291. The first-order valence-electron chi connectivity index (χ1n) is 7.60. The molecule has 0 aliphatic heterocycles. The molecule has 2 N–H and O–H groups in total. The van der Waals surface area contributed by atoms with Gasteiger partial charge < -0.3 is 10.6 Å². The topological polar surface area (TPSA) is 84.0 Å². The molecule has 0 aliphatic rings. The number of nitrogens with zero attached hydrogens (tertiary/aromatic N) is 2. The van der Waals surface area contributed by atoms with Gasteiger partial charge in [-0.3, -0.25) is 9.59 Å². The molecule has 7 heteroatoms. The number of carbonyl (C=O) groups excluding carboxylic acids is 2. The molecule has 2 heterocycles. The van der Waals surface area contributed by atoms with Crippen LogP contribution in [-0.2, 0) is 0 Å². The molecule has 0 unspecified atom stereocenters. The second kappa shape index (κ2) is 7.23. The van der Waals surface area contributed by atoms with Gasteiger partial charge in [-0.2, -0.15) is 0 Å². The van der Waals surface area contributed by atoms with E-state index in [1.165, 1.54) is 18.3 Å². The number of rotatable bonds is 5. The van der Waals surface area contributed by atoms with Crippen LogP contribution in [0.3, 0.4) is 0 Å². The lowest BCUT2D eigenvalue weighted by Crippen LogP contribution is -2.12. The standard InChI is InChI=1S/C18H16N4O2S/c1-11-5-3-8-16(19-11)22-18-21-15(10-25-18)17(24)20-14-7-4-6-13(9-14)12(2)23/h3-10H,1-2H3,(H,20,24)(H,19,21,22). The number of aromatic nitrogens is 2. The molecule has 25 heavy (non-hydrogen) atoms. The predicted molar refractivity (Wildman–Crippen MR) is 98.8 cm³/mol. The third kappa shape index (κ3) is 4.27. The van der Waals surface area contributed by atoms with Crippen LogP contribution in [0.4, 0.5) is 16.6 Å². The quantitative estimate of drug-likeness (QED) is 0.677. The van der Waals surface area contributed by atoms with E-state index >= 15 is 0 Å². The van der Waals surface area contributed by atoms with Gasteiger partial charge in [-0.15, -0.1) is 11.3 Å². The number of amides is 1. The third-order valence-corrected chi connectivity index (χ3v) is 4.14. The van der Waals surface area contributed by atoms with Gasteiger partial charge in [0.25, 0.3) is 5.91 Å². The van der Waals surface area contributed by atoms with Gasteiger partial charge in [-0.05, 0) is 38.1 Å². The van der Waals surface area contributed by atoms with Crippen LogP contribution < -0.4 is 10.6 Å². The number of ketones is 1. The fraction of sp³-hybridized carbons (Fsp3) is 0.111. The van der Waals surface area contributed by atoms with Crippen LogP contribution in [-0.4, -0.2) is 21.7 Å². The number of aryl methyl sites for hydroxylation is 1. The Bertz CT molecular complexity index is 936. The Hall–Kier alpha value is -3.06. The number of nitrogens with one attached hydrogen (secondary N) is 2. The lowest BCUT2D eigenvalue weighted by Gasteiger charge is -2.05. The molecule has 3 aromatic rings. The summed E-state index contributed by atoms with van der Waals surface area (Å²) < 4.78 is 0. The normalized spacial score (nSPS) is 10.3. The van der Waals surface area contributed by atoms with Crippen LogP contribution in [0.15, 0.2) is 47.8 Å². The fourth-order valence-electron chi connectivity index (χ4n) is 2.17. The van der Waals surface area contributed by atoms with Gasteiger partial charge in [0, 0.05) is 22.3 Å². The molecular weight excluding hydrogens is 336 g/mol. The van der Waals surface area contributed by atoms with E-state index in [4.69, 9.17) is 0 Å². The van der Waals surface area contributed by atoms with Crippen LogP contribution in [0.25, 0.3) is 0 Å². The molecule has 2 aromatic heterocycles. The Kier molecular flexibility index (Phi) is 4.85. The largest absolute Gasteiger partial charge is 0.321 e. The summed E-state index contributed by atoms with van der Waals surface area (Å²) in [5.41, 5.74) is 2.29. The fourth-order valence-corrected chi connectivity index (χ4v) is 2.87. The first-order chi connectivity index (χ1) is 12.0. The molecular formula is C18H16N4O2S. The number of carbonyl (C=O) groups is 2. The number of pyridine rings is 1. The minimum atomic E-state index is -0.331. The molecule has 1 aromatic carbocycles. The smallest absolute Gasteiger partial charge is 0.275 e. The van der Waals surface area contributed by atoms with Crippen LogP contribution in [0, 0.1) is 6.92 Å². The first kappa shape index (κ1) is 16.8. The van der Waals surface area contributed by atoms with Crippen LogP contribution in [0.2, 0.25) is 0 Å². The summed E-state index contributed by atoms with van der Waals surface area (Å²) in [6.07, 6.45) is 0. The van der Waals surface area contributed by atoms with E-state index in [0.29, 0.717) is 27.9 Å². The van der Waals surface area contributed by atoms with E-state index in [2.05, 4.69) is 20.6 Å². The zero-order valence-corrected chi connectivity index (χ0v) is 14.6. The summed E-state index contributed by atoms with van der Waals surface area (Å²) in [7, 11) is 0. The Morgan fingerprint density at radius 2 is 1.88 bits per heavy atom. The molecule has 0 saturated carbocycles. The maximum absolute atomic E-state index is 12.3. The van der Waals surface area contributed by atoms with Crippen molar-refractivity contribution in [3.63, 3.8) is 0 Å². The molecule has 0 saturated heterocycles. The Balaban J connectivity index is 1.70. The van der Waals surface area contributed by atoms with E-state index in [-0.39, 0.29) is 11.7 Å². The monoisotopic (exact) mass is 352 g/mol. The number of hydrogen-bond donors (Lipinski definition) is 2. The van der Waals surface area contributed by atoms with E-state index in [1.54, 1.807) is 29.6 Å². The average Bonchev–Trinajstić information content (AvgIpc) is 3.04. The highest BCUT2D eigenvalue weighted by molar-refractivity contribution is 7.14. The van der Waals surface area contributed by atoms with Gasteiger partial charge in [0.1, 0.15) is 11.5 Å². The molecule has 0 fully saturated rings. The number of anilines is 3. The Labute approximate surface area is 149 Å². The second-order valence-electron chi connectivity index (χ2n) is 5.42. The number of Topliss-reactive ketones (excluding diaryl/α,β-unsaturated/α-hetero) is 1. The maximum atomic E-state index is 12.3. The van der Waals surface area contributed by atoms with Crippen molar-refractivity contribution in [2.24, 2.45) is 0 Å². The van der Waals surface area contributed by atoms with Crippen LogP contribution in [0.1, 0.15) is 33.5 Å². The molecule has 0 radical (unpaired) electrons. The highest BCUT2D eigenvalue weighted by atomic mass is 32.1. The number of thiazole rings is 1. The summed E-state index contributed by atoms with van der Waals surface area (Å²) in [6.45, 7) is 3.39. The molecule has 3 rings (SSSR count). The van der Waals surface area contributed by atoms with Gasteiger partial charge >= 0.3 is 0 Å². The van der Waals surface area contributed by atoms with Crippen molar-refractivity contribution in [2.75, 3.05) is 10.6 Å². The van der Waals surface area contributed by atoms with Gasteiger partial charge in [-0.1, -0.05) is 18.2 Å². The zero-order chi connectivity index (χ0) is 17.8. The Morgan fingerprint density at radius 1 is 1.08 bits per heavy atom. The minimum absolute atomic E-state index is 0.0538. The van der Waals surface area contributed by atoms with Gasteiger partial charge in [0.2, 0.25) is 0 Å². The predicted octanol–water partition coefficient (Wildman–Crippen LogP) is 4.05. The van der Waals surface area contributed by atoms with E-state index in [0.717, 1.165) is 5.69 Å². The van der Waals surface area contributed by atoms with E-state index in [1.807, 2.05) is 25.1 Å². The first-order valence-corrected chi connectivity index (χ1v) is 8.48. The minimum Gasteiger partial charge on any atom is -0.321 e. The van der Waals surface area contributed by atoms with E-state index in [9.17, 15) is 9.59 Å². The molecule has 1 amide bonds. The summed E-state index contributed by atoms with van der Waals surface area (Å²) >= 11 is 1.32. The SMILES string of the molecule is CC(=O)c1cccc(NC(=O)c2csc(Nc3cccc(C)n3)n2)c1. The van der Waals surface area contributed by atoms with E-state index < -0.39 is 0 Å². The molecule has 0 bridgehead atoms. The van der Waals surface area contributed by atoms with Crippen molar-refractivity contribution >= 4 is 39.7 Å². The molecule has 0 aliphatic carbocycles. The van der Waals surface area contributed by atoms with Gasteiger partial charge in [0.05, 0.1) is 0 Å².